The molecule has 0 aliphatic carbocycles. The second-order valence-corrected chi connectivity index (χ2v) is 3.83. The van der Waals surface area contributed by atoms with Gasteiger partial charge in [0.25, 0.3) is 0 Å². The van der Waals surface area contributed by atoms with E-state index in [1.54, 1.807) is 6.20 Å². The molecule has 0 saturated carbocycles. The SMILES string of the molecule is Brc1cncc(C2CC=NC2)c1. The predicted octanol–water partition coefficient (Wildman–Crippen LogP) is 2.40. The van der Waals surface area contributed by atoms with Crippen LogP contribution >= 0.6 is 15.9 Å². The van der Waals surface area contributed by atoms with Crippen molar-refractivity contribution in [1.29, 1.82) is 0 Å². The molecule has 2 heterocycles. The van der Waals surface area contributed by atoms with Crippen LogP contribution in [0.1, 0.15) is 17.9 Å². The fraction of sp³-hybridized carbons (Fsp3) is 0.333. The van der Waals surface area contributed by atoms with Gasteiger partial charge in [-0.05, 0) is 40.2 Å². The largest absolute Gasteiger partial charge is 0.297 e. The predicted molar refractivity (Wildman–Crippen MR) is 52.7 cm³/mol. The van der Waals surface area contributed by atoms with E-state index in [9.17, 15) is 0 Å². The van der Waals surface area contributed by atoms with Crippen molar-refractivity contribution in [2.75, 3.05) is 6.54 Å². The van der Waals surface area contributed by atoms with Crippen LogP contribution in [0.25, 0.3) is 0 Å². The van der Waals surface area contributed by atoms with E-state index < -0.39 is 0 Å². The molecule has 1 aromatic heterocycles. The first kappa shape index (κ1) is 7.92. The summed E-state index contributed by atoms with van der Waals surface area (Å²) in [5, 5.41) is 0. The van der Waals surface area contributed by atoms with Crippen molar-refractivity contribution in [3.8, 4) is 0 Å². The van der Waals surface area contributed by atoms with E-state index in [1.165, 1.54) is 5.56 Å². The summed E-state index contributed by atoms with van der Waals surface area (Å²) in [4.78, 5) is 8.33. The molecule has 1 aliphatic rings. The molecule has 1 aromatic rings. The minimum Gasteiger partial charge on any atom is -0.297 e. The molecule has 0 saturated heterocycles. The van der Waals surface area contributed by atoms with Crippen molar-refractivity contribution in [2.24, 2.45) is 4.99 Å². The van der Waals surface area contributed by atoms with Crippen LogP contribution in [0.15, 0.2) is 27.9 Å². The lowest BCUT2D eigenvalue weighted by molar-refractivity contribution is 0.774. The van der Waals surface area contributed by atoms with Crippen LogP contribution in [0.3, 0.4) is 0 Å². The zero-order valence-corrected chi connectivity index (χ0v) is 8.16. The third-order valence-corrected chi connectivity index (χ3v) is 2.48. The van der Waals surface area contributed by atoms with Gasteiger partial charge in [-0.2, -0.15) is 0 Å². The lowest BCUT2D eigenvalue weighted by atomic mass is 10.0. The van der Waals surface area contributed by atoms with Gasteiger partial charge in [0, 0.05) is 29.3 Å². The van der Waals surface area contributed by atoms with Crippen LogP contribution in [0, 0.1) is 0 Å². The third kappa shape index (κ3) is 1.55. The average molecular weight is 225 g/mol. The Morgan fingerprint density at radius 1 is 1.42 bits per heavy atom. The molecule has 2 nitrogen and oxygen atoms in total. The molecule has 2 rings (SSSR count). The van der Waals surface area contributed by atoms with E-state index in [0.717, 1.165) is 17.4 Å². The summed E-state index contributed by atoms with van der Waals surface area (Å²) in [7, 11) is 0. The highest BCUT2D eigenvalue weighted by Crippen LogP contribution is 2.23. The molecular weight excluding hydrogens is 216 g/mol. The third-order valence-electron chi connectivity index (χ3n) is 2.04. The van der Waals surface area contributed by atoms with Crippen molar-refractivity contribution < 1.29 is 0 Å². The van der Waals surface area contributed by atoms with Crippen molar-refractivity contribution in [3.63, 3.8) is 0 Å². The molecule has 3 heteroatoms. The standard InChI is InChI=1S/C9H9BrN2/c10-9-3-8(5-12-6-9)7-1-2-11-4-7/h2-3,5-7H,1,4H2. The van der Waals surface area contributed by atoms with Gasteiger partial charge in [0.1, 0.15) is 0 Å². The smallest absolute Gasteiger partial charge is 0.0458 e. The molecule has 0 amide bonds. The van der Waals surface area contributed by atoms with E-state index >= 15 is 0 Å². The van der Waals surface area contributed by atoms with Gasteiger partial charge in [0.15, 0.2) is 0 Å². The van der Waals surface area contributed by atoms with Gasteiger partial charge in [-0.1, -0.05) is 0 Å². The van der Waals surface area contributed by atoms with Crippen LogP contribution in [0.5, 0.6) is 0 Å². The summed E-state index contributed by atoms with van der Waals surface area (Å²) < 4.78 is 1.05. The molecule has 0 spiro atoms. The normalized spacial score (nSPS) is 21.6. The highest BCUT2D eigenvalue weighted by molar-refractivity contribution is 9.10. The monoisotopic (exact) mass is 224 g/mol. The van der Waals surface area contributed by atoms with Gasteiger partial charge in [0.05, 0.1) is 0 Å². The first-order valence-corrected chi connectivity index (χ1v) is 4.74. The summed E-state index contributed by atoms with van der Waals surface area (Å²) in [6, 6.07) is 2.12. The highest BCUT2D eigenvalue weighted by atomic mass is 79.9. The number of hydrogen-bond acceptors (Lipinski definition) is 2. The molecule has 62 valence electrons. The van der Waals surface area contributed by atoms with Gasteiger partial charge in [0.2, 0.25) is 0 Å². The summed E-state index contributed by atoms with van der Waals surface area (Å²) in [5.74, 6) is 0.551. The van der Waals surface area contributed by atoms with E-state index in [1.807, 2.05) is 12.4 Å². The number of pyridine rings is 1. The van der Waals surface area contributed by atoms with E-state index in [-0.39, 0.29) is 0 Å². The molecule has 0 bridgehead atoms. The minimum atomic E-state index is 0.551. The molecule has 0 aromatic carbocycles. The molecule has 1 unspecified atom stereocenters. The maximum absolute atomic E-state index is 4.20. The number of aliphatic imine (C=N–C) groups is 1. The average Bonchev–Trinajstić information content (AvgIpc) is 2.56. The maximum Gasteiger partial charge on any atom is 0.0458 e. The molecule has 0 fully saturated rings. The first-order valence-electron chi connectivity index (χ1n) is 3.95. The Morgan fingerprint density at radius 2 is 2.33 bits per heavy atom. The molecule has 0 N–H and O–H groups in total. The maximum atomic E-state index is 4.20. The number of hydrogen-bond donors (Lipinski definition) is 0. The fourth-order valence-electron chi connectivity index (χ4n) is 1.37. The summed E-state index contributed by atoms with van der Waals surface area (Å²) in [6.07, 6.45) is 6.77. The zero-order chi connectivity index (χ0) is 8.39. The lowest BCUT2D eigenvalue weighted by Crippen LogP contribution is -1.97. The Labute approximate surface area is 79.9 Å². The number of aromatic nitrogens is 1. The summed E-state index contributed by atoms with van der Waals surface area (Å²) in [5.41, 5.74) is 1.28. The Kier molecular flexibility index (Phi) is 2.21. The molecular formula is C9H9BrN2. The number of nitrogens with zero attached hydrogens (tertiary/aromatic N) is 2. The summed E-state index contributed by atoms with van der Waals surface area (Å²) >= 11 is 3.41. The highest BCUT2D eigenvalue weighted by Gasteiger charge is 2.13. The Balaban J connectivity index is 2.22. The Morgan fingerprint density at radius 3 is 3.00 bits per heavy atom. The quantitative estimate of drug-likeness (QED) is 0.720. The Hall–Kier alpha value is -0.700. The second kappa shape index (κ2) is 3.35. The first-order chi connectivity index (χ1) is 5.86. The lowest BCUT2D eigenvalue weighted by Gasteiger charge is -2.06. The van der Waals surface area contributed by atoms with Gasteiger partial charge >= 0.3 is 0 Å². The van der Waals surface area contributed by atoms with Gasteiger partial charge in [-0.3, -0.25) is 9.98 Å². The number of halogens is 1. The van der Waals surface area contributed by atoms with E-state index in [2.05, 4.69) is 32.0 Å². The van der Waals surface area contributed by atoms with Crippen molar-refractivity contribution in [1.82, 2.24) is 4.98 Å². The van der Waals surface area contributed by atoms with Gasteiger partial charge in [-0.15, -0.1) is 0 Å². The van der Waals surface area contributed by atoms with Gasteiger partial charge < -0.3 is 0 Å². The summed E-state index contributed by atoms with van der Waals surface area (Å²) in [6.45, 7) is 0.915. The Bertz CT molecular complexity index is 301. The van der Waals surface area contributed by atoms with Crippen molar-refractivity contribution in [3.05, 3.63) is 28.5 Å². The topological polar surface area (TPSA) is 25.2 Å². The van der Waals surface area contributed by atoms with Gasteiger partial charge in [-0.25, -0.2) is 0 Å². The van der Waals surface area contributed by atoms with Crippen molar-refractivity contribution >= 4 is 22.1 Å². The number of rotatable bonds is 1. The fourth-order valence-corrected chi connectivity index (χ4v) is 1.75. The van der Waals surface area contributed by atoms with E-state index in [0.29, 0.717) is 5.92 Å². The van der Waals surface area contributed by atoms with Crippen LogP contribution in [-0.2, 0) is 0 Å². The molecule has 12 heavy (non-hydrogen) atoms. The van der Waals surface area contributed by atoms with Crippen molar-refractivity contribution in [2.45, 2.75) is 12.3 Å². The zero-order valence-electron chi connectivity index (χ0n) is 6.57. The van der Waals surface area contributed by atoms with Crippen LogP contribution < -0.4 is 0 Å². The van der Waals surface area contributed by atoms with Crippen LogP contribution in [-0.4, -0.2) is 17.7 Å². The van der Waals surface area contributed by atoms with E-state index in [4.69, 9.17) is 0 Å². The molecule has 1 aliphatic heterocycles. The van der Waals surface area contributed by atoms with Crippen LogP contribution in [0.4, 0.5) is 0 Å². The van der Waals surface area contributed by atoms with Crippen LogP contribution in [0.2, 0.25) is 0 Å². The second-order valence-electron chi connectivity index (χ2n) is 2.92. The molecule has 0 radical (unpaired) electrons. The molecule has 1 atom stereocenters. The minimum absolute atomic E-state index is 0.551.